The topological polar surface area (TPSA) is 79.0 Å². The Morgan fingerprint density at radius 1 is 0.917 bits per heavy atom. The van der Waals surface area contributed by atoms with Gasteiger partial charge in [-0.3, -0.25) is 14.9 Å². The molecule has 0 radical (unpaired) electrons. The average Bonchev–Trinajstić information content (AvgIpc) is 2.92. The minimum absolute atomic E-state index is 0.210. The zero-order chi connectivity index (χ0) is 24.9. The number of nitrogens with one attached hydrogen (secondary N) is 1. The number of piperidine rings is 1. The SMILES string of the molecule is COc1ccc(N2C(=O)NC(=O)[C@]3(Cc4ccccc4N4CC[C@@H](c5ccccc5)C[C@@H]43)C2=O)cc1. The lowest BCUT2D eigenvalue weighted by Crippen LogP contribution is -2.73. The Labute approximate surface area is 209 Å². The molecule has 3 aliphatic rings. The molecule has 0 aromatic heterocycles. The van der Waals surface area contributed by atoms with E-state index in [9.17, 15) is 14.4 Å². The van der Waals surface area contributed by atoms with Crippen molar-refractivity contribution in [2.24, 2.45) is 5.41 Å². The van der Waals surface area contributed by atoms with E-state index in [-0.39, 0.29) is 18.4 Å². The number of hydrogen-bond donors (Lipinski definition) is 1. The monoisotopic (exact) mass is 481 g/mol. The summed E-state index contributed by atoms with van der Waals surface area (Å²) in [6, 6.07) is 23.9. The van der Waals surface area contributed by atoms with Crippen LogP contribution in [-0.4, -0.2) is 37.5 Å². The first-order valence-electron chi connectivity index (χ1n) is 12.3. The number of rotatable bonds is 3. The molecule has 2 fully saturated rings. The van der Waals surface area contributed by atoms with E-state index in [0.717, 1.165) is 29.1 Å². The Morgan fingerprint density at radius 3 is 2.39 bits per heavy atom. The predicted octanol–water partition coefficient (Wildman–Crippen LogP) is 4.27. The third-order valence-corrected chi connectivity index (χ3v) is 7.96. The first-order chi connectivity index (χ1) is 17.5. The maximum atomic E-state index is 14.4. The largest absolute Gasteiger partial charge is 0.497 e. The van der Waals surface area contributed by atoms with Gasteiger partial charge in [-0.05, 0) is 66.6 Å². The van der Waals surface area contributed by atoms with Gasteiger partial charge in [0.05, 0.1) is 18.8 Å². The maximum Gasteiger partial charge on any atom is 0.335 e. The number of benzene rings is 3. The van der Waals surface area contributed by atoms with Crippen LogP contribution in [0.3, 0.4) is 0 Å². The van der Waals surface area contributed by atoms with Crippen LogP contribution in [0.4, 0.5) is 16.2 Å². The third-order valence-electron chi connectivity index (χ3n) is 7.96. The van der Waals surface area contributed by atoms with Gasteiger partial charge in [0.1, 0.15) is 5.75 Å². The minimum Gasteiger partial charge on any atom is -0.497 e. The van der Waals surface area contributed by atoms with E-state index in [0.29, 0.717) is 17.9 Å². The highest BCUT2D eigenvalue weighted by Gasteiger charge is 2.63. The van der Waals surface area contributed by atoms with Crippen LogP contribution < -0.4 is 19.9 Å². The number of methoxy groups -OCH3 is 1. The Hall–Kier alpha value is -4.13. The average molecular weight is 482 g/mol. The van der Waals surface area contributed by atoms with Gasteiger partial charge in [0.15, 0.2) is 5.41 Å². The second-order valence-corrected chi connectivity index (χ2v) is 9.72. The number of para-hydroxylation sites is 1. The van der Waals surface area contributed by atoms with Crippen LogP contribution in [0.2, 0.25) is 0 Å². The Balaban J connectivity index is 1.47. The Bertz CT molecular complexity index is 1340. The van der Waals surface area contributed by atoms with Crippen molar-refractivity contribution in [2.75, 3.05) is 23.5 Å². The molecule has 3 aliphatic heterocycles. The molecular weight excluding hydrogens is 454 g/mol. The fourth-order valence-corrected chi connectivity index (χ4v) is 6.18. The number of urea groups is 1. The summed E-state index contributed by atoms with van der Waals surface area (Å²) in [5.74, 6) is -0.160. The van der Waals surface area contributed by atoms with Crippen molar-refractivity contribution in [3.05, 3.63) is 90.0 Å². The van der Waals surface area contributed by atoms with Crippen LogP contribution in [0.5, 0.6) is 5.75 Å². The van der Waals surface area contributed by atoms with Crippen molar-refractivity contribution in [3.8, 4) is 5.75 Å². The molecule has 36 heavy (non-hydrogen) atoms. The number of hydrogen-bond acceptors (Lipinski definition) is 5. The molecule has 3 atom stereocenters. The molecule has 1 spiro atoms. The lowest BCUT2D eigenvalue weighted by molar-refractivity contribution is -0.145. The number of nitrogens with zero attached hydrogens (tertiary/aromatic N) is 2. The number of fused-ring (bicyclic) bond motifs is 4. The van der Waals surface area contributed by atoms with Crippen molar-refractivity contribution in [2.45, 2.75) is 31.2 Å². The standard InChI is InChI=1S/C29H27N3O4/c1-36-23-13-11-22(12-14-23)32-27(34)29(26(33)30-28(32)35)18-21-9-5-6-10-24(21)31-16-15-20(17-25(29)31)19-7-3-2-4-8-19/h2-14,20,25H,15-18H2,1H3,(H,30,33,35)/t20-,25-,29-/m1/s1. The molecule has 0 bridgehead atoms. The molecule has 7 heteroatoms. The highest BCUT2D eigenvalue weighted by Crippen LogP contribution is 2.50. The van der Waals surface area contributed by atoms with E-state index in [4.69, 9.17) is 4.74 Å². The van der Waals surface area contributed by atoms with Crippen LogP contribution in [-0.2, 0) is 16.0 Å². The van der Waals surface area contributed by atoms with Gasteiger partial charge in [-0.2, -0.15) is 0 Å². The quantitative estimate of drug-likeness (QED) is 0.565. The predicted molar refractivity (Wildman–Crippen MR) is 136 cm³/mol. The molecule has 3 aromatic rings. The lowest BCUT2D eigenvalue weighted by Gasteiger charge is -2.55. The minimum atomic E-state index is -1.42. The van der Waals surface area contributed by atoms with Gasteiger partial charge in [0.25, 0.3) is 5.91 Å². The van der Waals surface area contributed by atoms with Crippen LogP contribution in [0.25, 0.3) is 0 Å². The lowest BCUT2D eigenvalue weighted by atomic mass is 9.64. The summed E-state index contributed by atoms with van der Waals surface area (Å²) in [6.45, 7) is 0.722. The summed E-state index contributed by atoms with van der Waals surface area (Å²) in [5, 5.41) is 2.54. The van der Waals surface area contributed by atoms with Gasteiger partial charge in [-0.15, -0.1) is 0 Å². The highest BCUT2D eigenvalue weighted by atomic mass is 16.5. The second kappa shape index (κ2) is 8.52. The van der Waals surface area contributed by atoms with Crippen LogP contribution in [0.1, 0.15) is 29.9 Å². The molecule has 0 unspecified atom stereocenters. The van der Waals surface area contributed by atoms with E-state index in [2.05, 4.69) is 28.4 Å². The summed E-state index contributed by atoms with van der Waals surface area (Å²) >= 11 is 0. The molecule has 7 nitrogen and oxygen atoms in total. The molecule has 4 amide bonds. The molecule has 1 N–H and O–H groups in total. The van der Waals surface area contributed by atoms with Crippen LogP contribution in [0, 0.1) is 5.41 Å². The second-order valence-electron chi connectivity index (χ2n) is 9.72. The van der Waals surface area contributed by atoms with E-state index in [1.807, 2.05) is 36.4 Å². The van der Waals surface area contributed by atoms with Gasteiger partial charge < -0.3 is 9.64 Å². The van der Waals surface area contributed by atoms with Crippen molar-refractivity contribution >= 4 is 29.2 Å². The third kappa shape index (κ3) is 3.30. The Kier molecular flexibility index (Phi) is 5.29. The van der Waals surface area contributed by atoms with E-state index >= 15 is 0 Å². The van der Waals surface area contributed by atoms with E-state index < -0.39 is 23.3 Å². The van der Waals surface area contributed by atoms with Gasteiger partial charge in [0.2, 0.25) is 5.91 Å². The number of amides is 4. The summed E-state index contributed by atoms with van der Waals surface area (Å²) in [5.41, 5.74) is 2.20. The number of carbonyl (C=O) groups is 3. The zero-order valence-electron chi connectivity index (χ0n) is 20.0. The Morgan fingerprint density at radius 2 is 1.64 bits per heavy atom. The van der Waals surface area contributed by atoms with Crippen molar-refractivity contribution < 1.29 is 19.1 Å². The molecule has 3 aromatic carbocycles. The number of imide groups is 2. The molecule has 0 aliphatic carbocycles. The first-order valence-corrected chi connectivity index (χ1v) is 12.3. The smallest absolute Gasteiger partial charge is 0.335 e. The number of ether oxygens (including phenoxy) is 1. The molecule has 3 heterocycles. The van der Waals surface area contributed by atoms with Gasteiger partial charge in [0, 0.05) is 12.2 Å². The highest BCUT2D eigenvalue weighted by molar-refractivity contribution is 6.30. The molecule has 182 valence electrons. The number of carbonyl (C=O) groups excluding carboxylic acids is 3. The van der Waals surface area contributed by atoms with Crippen molar-refractivity contribution in [1.82, 2.24) is 5.32 Å². The number of anilines is 2. The van der Waals surface area contributed by atoms with E-state index in [1.165, 1.54) is 5.56 Å². The summed E-state index contributed by atoms with van der Waals surface area (Å²) < 4.78 is 5.24. The van der Waals surface area contributed by atoms with Crippen molar-refractivity contribution in [3.63, 3.8) is 0 Å². The van der Waals surface area contributed by atoms with Crippen LogP contribution >= 0.6 is 0 Å². The number of barbiturate groups is 1. The van der Waals surface area contributed by atoms with Gasteiger partial charge in [-0.1, -0.05) is 48.5 Å². The van der Waals surface area contributed by atoms with Crippen LogP contribution in [0.15, 0.2) is 78.9 Å². The van der Waals surface area contributed by atoms with Crippen molar-refractivity contribution in [1.29, 1.82) is 0 Å². The fourth-order valence-electron chi connectivity index (χ4n) is 6.18. The normalized spacial score (nSPS) is 25.3. The summed E-state index contributed by atoms with van der Waals surface area (Å²) in [7, 11) is 1.56. The molecular formula is C29H27N3O4. The van der Waals surface area contributed by atoms with Gasteiger partial charge >= 0.3 is 6.03 Å². The maximum absolute atomic E-state index is 14.4. The first kappa shape index (κ1) is 22.3. The molecule has 0 saturated carbocycles. The fraction of sp³-hybridized carbons (Fsp3) is 0.276. The summed E-state index contributed by atoms with van der Waals surface area (Å²) in [4.78, 5) is 44.5. The summed E-state index contributed by atoms with van der Waals surface area (Å²) in [6.07, 6.45) is 1.81. The van der Waals surface area contributed by atoms with E-state index in [1.54, 1.807) is 31.4 Å². The van der Waals surface area contributed by atoms with Gasteiger partial charge in [-0.25, -0.2) is 9.69 Å². The molecule has 6 rings (SSSR count). The zero-order valence-corrected chi connectivity index (χ0v) is 20.0. The molecule has 2 saturated heterocycles.